The van der Waals surface area contributed by atoms with Gasteiger partial charge in [-0.25, -0.2) is 0 Å². The van der Waals surface area contributed by atoms with Crippen LogP contribution in [0.1, 0.15) is 0 Å². The average molecular weight is 726 g/mol. The summed E-state index contributed by atoms with van der Waals surface area (Å²) < 4.78 is 0. The highest BCUT2D eigenvalue weighted by Gasteiger charge is 2.15. The van der Waals surface area contributed by atoms with Gasteiger partial charge in [-0.3, -0.25) is 0 Å². The van der Waals surface area contributed by atoms with Gasteiger partial charge in [-0.1, -0.05) is 188 Å². The zero-order chi connectivity index (χ0) is 38.0. The second kappa shape index (κ2) is 15.0. The zero-order valence-corrected chi connectivity index (χ0v) is 31.5. The molecule has 0 unspecified atom stereocenters. The minimum atomic E-state index is 1.10. The molecule has 0 heterocycles. The van der Waals surface area contributed by atoms with Crippen LogP contribution in [-0.4, -0.2) is 0 Å². The number of hydrogen-bond acceptors (Lipinski definition) is 1. The Morgan fingerprint density at radius 1 is 0.211 bits per heavy atom. The van der Waals surface area contributed by atoms with Crippen LogP contribution in [0.5, 0.6) is 0 Å². The highest BCUT2D eigenvalue weighted by Crippen LogP contribution is 2.39. The molecule has 0 atom stereocenters. The Kier molecular flexibility index (Phi) is 8.95. The summed E-state index contributed by atoms with van der Waals surface area (Å²) in [6.45, 7) is 0. The molecule has 0 aliphatic rings. The molecule has 0 aliphatic carbocycles. The molecule has 0 radical (unpaired) electrons. The van der Waals surface area contributed by atoms with Gasteiger partial charge in [0.25, 0.3) is 0 Å². The molecule has 0 amide bonds. The van der Waals surface area contributed by atoms with Crippen molar-refractivity contribution in [1.82, 2.24) is 0 Å². The molecule has 57 heavy (non-hydrogen) atoms. The molecule has 10 rings (SSSR count). The second-order valence-corrected chi connectivity index (χ2v) is 14.6. The molecule has 0 aromatic heterocycles. The third kappa shape index (κ3) is 6.77. The lowest BCUT2D eigenvalue weighted by molar-refractivity contribution is 1.28. The van der Waals surface area contributed by atoms with E-state index in [1.54, 1.807) is 0 Å². The molecular formula is C56H39N. The monoisotopic (exact) mass is 725 g/mol. The van der Waals surface area contributed by atoms with Gasteiger partial charge in [0.1, 0.15) is 0 Å². The quantitative estimate of drug-likeness (QED) is 0.151. The van der Waals surface area contributed by atoms with Gasteiger partial charge in [-0.05, 0) is 126 Å². The van der Waals surface area contributed by atoms with E-state index in [2.05, 4.69) is 241 Å². The number of rotatable bonds is 8. The van der Waals surface area contributed by atoms with Crippen LogP contribution in [0.25, 0.3) is 77.2 Å². The smallest absolute Gasteiger partial charge is 0.0462 e. The Balaban J connectivity index is 0.996. The Labute approximate surface area is 334 Å². The van der Waals surface area contributed by atoms with Gasteiger partial charge >= 0.3 is 0 Å². The lowest BCUT2D eigenvalue weighted by Crippen LogP contribution is -2.09. The van der Waals surface area contributed by atoms with E-state index < -0.39 is 0 Å². The molecule has 0 fully saturated rings. The van der Waals surface area contributed by atoms with Crippen molar-refractivity contribution in [2.75, 3.05) is 4.90 Å². The van der Waals surface area contributed by atoms with Crippen LogP contribution in [0.2, 0.25) is 0 Å². The summed E-state index contributed by atoms with van der Waals surface area (Å²) in [7, 11) is 0. The van der Waals surface area contributed by atoms with Crippen molar-refractivity contribution in [2.45, 2.75) is 0 Å². The first-order valence-corrected chi connectivity index (χ1v) is 19.6. The van der Waals surface area contributed by atoms with Crippen molar-refractivity contribution in [3.63, 3.8) is 0 Å². The predicted octanol–water partition coefficient (Wildman–Crippen LogP) is 15.8. The number of nitrogens with zero attached hydrogens (tertiary/aromatic N) is 1. The first-order chi connectivity index (χ1) is 28.2. The van der Waals surface area contributed by atoms with E-state index in [0.717, 1.165) is 17.1 Å². The maximum Gasteiger partial charge on any atom is 0.0462 e. The standard InChI is InChI=1S/C56H39N/c1-2-12-40(13-3-1)41-26-32-50(33-27-41)57(51-34-28-42(29-35-51)46-18-8-20-48(38-46)55-24-10-16-44-14-4-6-22-53(44)55)52-36-30-43(31-37-52)47-19-9-21-49(39-47)56-25-11-17-45-15-5-7-23-54(45)56/h1-39H. The molecule has 0 saturated heterocycles. The third-order valence-electron chi connectivity index (χ3n) is 11.1. The van der Waals surface area contributed by atoms with Gasteiger partial charge in [0, 0.05) is 17.1 Å². The summed E-state index contributed by atoms with van der Waals surface area (Å²) in [6.07, 6.45) is 0. The van der Waals surface area contributed by atoms with Crippen molar-refractivity contribution < 1.29 is 0 Å². The van der Waals surface area contributed by atoms with Crippen molar-refractivity contribution in [1.29, 1.82) is 0 Å². The van der Waals surface area contributed by atoms with Crippen molar-refractivity contribution in [2.24, 2.45) is 0 Å². The Hall–Kier alpha value is -7.48. The van der Waals surface area contributed by atoms with Crippen LogP contribution in [0.3, 0.4) is 0 Å². The maximum absolute atomic E-state index is 2.35. The van der Waals surface area contributed by atoms with Crippen LogP contribution >= 0.6 is 0 Å². The summed E-state index contributed by atoms with van der Waals surface area (Å²) in [5.41, 5.74) is 15.4. The summed E-state index contributed by atoms with van der Waals surface area (Å²) in [5, 5.41) is 5.04. The largest absolute Gasteiger partial charge is 0.311 e. The lowest BCUT2D eigenvalue weighted by Gasteiger charge is -2.26. The van der Waals surface area contributed by atoms with Crippen LogP contribution in [-0.2, 0) is 0 Å². The summed E-state index contributed by atoms with van der Waals surface area (Å²) in [5.74, 6) is 0. The van der Waals surface area contributed by atoms with Gasteiger partial charge in [-0.2, -0.15) is 0 Å². The highest BCUT2D eigenvalue weighted by molar-refractivity contribution is 5.98. The van der Waals surface area contributed by atoms with Gasteiger partial charge in [-0.15, -0.1) is 0 Å². The van der Waals surface area contributed by atoms with Crippen LogP contribution in [0.15, 0.2) is 237 Å². The molecular weight excluding hydrogens is 687 g/mol. The van der Waals surface area contributed by atoms with Crippen LogP contribution in [0.4, 0.5) is 17.1 Å². The number of anilines is 3. The maximum atomic E-state index is 2.35. The van der Waals surface area contributed by atoms with E-state index in [9.17, 15) is 0 Å². The van der Waals surface area contributed by atoms with Gasteiger partial charge in [0.15, 0.2) is 0 Å². The molecule has 0 spiro atoms. The Morgan fingerprint density at radius 2 is 0.526 bits per heavy atom. The Bertz CT molecular complexity index is 2800. The van der Waals surface area contributed by atoms with Crippen molar-refractivity contribution in [3.05, 3.63) is 237 Å². The normalized spacial score (nSPS) is 11.2. The van der Waals surface area contributed by atoms with E-state index in [-0.39, 0.29) is 0 Å². The second-order valence-electron chi connectivity index (χ2n) is 14.6. The average Bonchev–Trinajstić information content (AvgIpc) is 3.30. The lowest BCUT2D eigenvalue weighted by atomic mass is 9.95. The van der Waals surface area contributed by atoms with Crippen LogP contribution < -0.4 is 4.90 Å². The zero-order valence-electron chi connectivity index (χ0n) is 31.5. The fourth-order valence-corrected chi connectivity index (χ4v) is 8.17. The number of fused-ring (bicyclic) bond motifs is 2. The molecule has 0 aliphatic heterocycles. The minimum Gasteiger partial charge on any atom is -0.311 e. The third-order valence-corrected chi connectivity index (χ3v) is 11.1. The minimum absolute atomic E-state index is 1.10. The molecule has 268 valence electrons. The molecule has 0 bridgehead atoms. The SMILES string of the molecule is c1ccc(-c2ccc(N(c3ccc(-c4cccc(-c5cccc6ccccc56)c4)cc3)c3ccc(-c4cccc(-c5cccc6ccccc56)c4)cc3)cc2)cc1. The van der Waals surface area contributed by atoms with E-state index in [4.69, 9.17) is 0 Å². The van der Waals surface area contributed by atoms with E-state index in [1.165, 1.54) is 77.2 Å². The number of hydrogen-bond donors (Lipinski definition) is 0. The first kappa shape index (κ1) is 34.0. The van der Waals surface area contributed by atoms with Gasteiger partial charge in [0.2, 0.25) is 0 Å². The highest BCUT2D eigenvalue weighted by atomic mass is 15.1. The molecule has 0 N–H and O–H groups in total. The predicted molar refractivity (Wildman–Crippen MR) is 243 cm³/mol. The van der Waals surface area contributed by atoms with Crippen LogP contribution in [0, 0.1) is 0 Å². The molecule has 10 aromatic rings. The fourth-order valence-electron chi connectivity index (χ4n) is 8.17. The molecule has 1 nitrogen and oxygen atoms in total. The van der Waals surface area contributed by atoms with E-state index in [0.29, 0.717) is 0 Å². The van der Waals surface area contributed by atoms with E-state index >= 15 is 0 Å². The summed E-state index contributed by atoms with van der Waals surface area (Å²) >= 11 is 0. The van der Waals surface area contributed by atoms with Crippen molar-refractivity contribution in [3.8, 4) is 55.6 Å². The van der Waals surface area contributed by atoms with E-state index in [1.807, 2.05) is 0 Å². The Morgan fingerprint density at radius 3 is 0.982 bits per heavy atom. The van der Waals surface area contributed by atoms with Gasteiger partial charge < -0.3 is 4.90 Å². The summed E-state index contributed by atoms with van der Waals surface area (Å²) in [6, 6.07) is 85.5. The molecule has 1 heteroatoms. The fraction of sp³-hybridized carbons (Fsp3) is 0. The van der Waals surface area contributed by atoms with Gasteiger partial charge in [0.05, 0.1) is 0 Å². The number of benzene rings is 10. The van der Waals surface area contributed by atoms with Crippen molar-refractivity contribution >= 4 is 38.6 Å². The topological polar surface area (TPSA) is 3.24 Å². The first-order valence-electron chi connectivity index (χ1n) is 19.6. The summed E-state index contributed by atoms with van der Waals surface area (Å²) in [4.78, 5) is 2.35. The molecule has 10 aromatic carbocycles. The molecule has 0 saturated carbocycles.